The predicted molar refractivity (Wildman–Crippen MR) is 74.9 cm³/mol. The predicted octanol–water partition coefficient (Wildman–Crippen LogP) is 4.89. The second-order valence-electron chi connectivity index (χ2n) is 4.73. The Bertz CT molecular complexity index is 748. The second-order valence-corrected chi connectivity index (χ2v) is 4.73. The number of aryl methyl sites for hydroxylation is 1. The van der Waals surface area contributed by atoms with Gasteiger partial charge in [0.1, 0.15) is 0 Å². The molecule has 0 N–H and O–H groups in total. The monoisotopic (exact) mass is 218 g/mol. The van der Waals surface area contributed by atoms with Crippen molar-refractivity contribution in [3.8, 4) is 0 Å². The molecule has 4 aromatic carbocycles. The van der Waals surface area contributed by atoms with Gasteiger partial charge in [0.2, 0.25) is 0 Å². The molecular formula is C17H12. The van der Waals surface area contributed by atoms with Crippen molar-refractivity contribution in [3.05, 3.63) is 60.1 Å². The van der Waals surface area contributed by atoms with Crippen molar-refractivity contribution in [3.63, 3.8) is 0 Å². The van der Waals surface area contributed by atoms with Crippen molar-refractivity contribution < 1.29 is 1.37 Å². The van der Waals surface area contributed by atoms with Gasteiger partial charge in [-0.25, -0.2) is 0 Å². The van der Waals surface area contributed by atoms with E-state index in [1.165, 1.54) is 37.9 Å². The zero-order valence-electron chi connectivity index (χ0n) is 10.6. The highest BCUT2D eigenvalue weighted by molar-refractivity contribution is 6.23. The van der Waals surface area contributed by atoms with E-state index in [-0.39, 0.29) is 0 Å². The molecule has 4 rings (SSSR count). The third kappa shape index (κ3) is 1.13. The molecule has 17 heavy (non-hydrogen) atoms. The van der Waals surface area contributed by atoms with Crippen LogP contribution in [0.3, 0.4) is 0 Å². The average Bonchev–Trinajstić information content (AvgIpc) is 2.34. The molecule has 0 aliphatic carbocycles. The third-order valence-electron chi connectivity index (χ3n) is 3.53. The third-order valence-corrected chi connectivity index (χ3v) is 3.53. The van der Waals surface area contributed by atoms with E-state index in [9.17, 15) is 0 Å². The van der Waals surface area contributed by atoms with Gasteiger partial charge in [0.05, 0.1) is 1.37 Å². The summed E-state index contributed by atoms with van der Waals surface area (Å²) in [7, 11) is 0. The van der Waals surface area contributed by atoms with E-state index in [1.807, 2.05) is 12.1 Å². The normalized spacial score (nSPS) is 12.6. The van der Waals surface area contributed by atoms with Gasteiger partial charge in [-0.3, -0.25) is 0 Å². The highest BCUT2D eigenvalue weighted by Crippen LogP contribution is 2.34. The van der Waals surface area contributed by atoms with E-state index in [2.05, 4.69) is 43.3 Å². The molecule has 0 saturated heterocycles. The fourth-order valence-electron chi connectivity index (χ4n) is 2.84. The Hall–Kier alpha value is -2.08. The van der Waals surface area contributed by atoms with Crippen LogP contribution in [0.4, 0.5) is 0 Å². The molecule has 0 bridgehead atoms. The smallest absolute Gasteiger partial charge is 0.0610 e. The molecule has 0 amide bonds. The van der Waals surface area contributed by atoms with Crippen LogP contribution in [0.2, 0.25) is 0 Å². The standard InChI is InChI=1S/C17H12/c1-11-9-14-7-5-12-3-2-4-13-6-8-15(10-11)17(14)16(12)13/h2-10H,1H3/i2T. The molecule has 0 radical (unpaired) electrons. The Morgan fingerprint density at radius 2 is 1.18 bits per heavy atom. The summed E-state index contributed by atoms with van der Waals surface area (Å²) in [6.45, 7) is 2.14. The Balaban J connectivity index is 2.41. The van der Waals surface area contributed by atoms with E-state index < -0.39 is 0 Å². The van der Waals surface area contributed by atoms with Gasteiger partial charge in [-0.1, -0.05) is 54.6 Å². The highest BCUT2D eigenvalue weighted by atomic mass is 14.1. The summed E-state index contributed by atoms with van der Waals surface area (Å²) < 4.78 is 7.85. The van der Waals surface area contributed by atoms with Crippen LogP contribution in [0.5, 0.6) is 0 Å². The minimum absolute atomic E-state index is 0.581. The SMILES string of the molecule is [3H]c1cc2ccc3cc(C)cc4ccc(c1)c2c34. The highest BCUT2D eigenvalue weighted by Gasteiger charge is 2.07. The first kappa shape index (κ1) is 8.08. The van der Waals surface area contributed by atoms with Crippen LogP contribution in [0.1, 0.15) is 6.93 Å². The minimum Gasteiger partial charge on any atom is -0.0610 e. The molecule has 80 valence electrons. The topological polar surface area (TPSA) is 0 Å². The van der Waals surface area contributed by atoms with Crippen LogP contribution >= 0.6 is 0 Å². The fraction of sp³-hybridized carbons (Fsp3) is 0.0588. The van der Waals surface area contributed by atoms with Crippen LogP contribution < -0.4 is 0 Å². The summed E-state index contributed by atoms with van der Waals surface area (Å²) in [4.78, 5) is 0. The van der Waals surface area contributed by atoms with Crippen molar-refractivity contribution in [1.82, 2.24) is 0 Å². The summed E-state index contributed by atoms with van der Waals surface area (Å²) in [5, 5.41) is 7.54. The maximum absolute atomic E-state index is 7.85. The maximum atomic E-state index is 7.85. The fourth-order valence-corrected chi connectivity index (χ4v) is 2.84. The Morgan fingerprint density at radius 1 is 0.706 bits per heavy atom. The second kappa shape index (κ2) is 2.98. The molecule has 0 unspecified atom stereocenters. The summed E-state index contributed by atoms with van der Waals surface area (Å²) >= 11 is 0. The molecule has 0 aliphatic heterocycles. The molecule has 0 heterocycles. The number of hydrogen-bond donors (Lipinski definition) is 0. The molecular weight excluding hydrogens is 204 g/mol. The lowest BCUT2D eigenvalue weighted by Gasteiger charge is -2.11. The molecule has 0 spiro atoms. The average molecular weight is 218 g/mol. The number of rotatable bonds is 0. The largest absolute Gasteiger partial charge is 0.0623 e. The van der Waals surface area contributed by atoms with Gasteiger partial charge in [-0.2, -0.15) is 0 Å². The van der Waals surface area contributed by atoms with Crippen molar-refractivity contribution in [1.29, 1.82) is 0 Å². The van der Waals surface area contributed by atoms with Gasteiger partial charge >= 0.3 is 0 Å². The van der Waals surface area contributed by atoms with E-state index in [1.54, 1.807) is 0 Å². The van der Waals surface area contributed by atoms with Crippen LogP contribution in [0, 0.1) is 6.92 Å². The van der Waals surface area contributed by atoms with Crippen LogP contribution in [-0.4, -0.2) is 0 Å². The van der Waals surface area contributed by atoms with E-state index in [0.717, 1.165) is 0 Å². The summed E-state index contributed by atoms with van der Waals surface area (Å²) in [6.07, 6.45) is 0. The van der Waals surface area contributed by atoms with E-state index in [0.29, 0.717) is 6.04 Å². The first-order valence-corrected chi connectivity index (χ1v) is 5.88. The van der Waals surface area contributed by atoms with Crippen LogP contribution in [0.25, 0.3) is 32.3 Å². The van der Waals surface area contributed by atoms with Gasteiger partial charge in [0, 0.05) is 0 Å². The van der Waals surface area contributed by atoms with Crippen molar-refractivity contribution in [2.45, 2.75) is 6.92 Å². The van der Waals surface area contributed by atoms with Gasteiger partial charge < -0.3 is 0 Å². The van der Waals surface area contributed by atoms with Crippen molar-refractivity contribution >= 4 is 32.3 Å². The molecule has 0 nitrogen and oxygen atoms in total. The first-order chi connectivity index (χ1) is 8.72. The van der Waals surface area contributed by atoms with Crippen LogP contribution in [-0.2, 0) is 0 Å². The Morgan fingerprint density at radius 3 is 1.76 bits per heavy atom. The molecule has 0 fully saturated rings. The minimum atomic E-state index is 0.581. The summed E-state index contributed by atoms with van der Waals surface area (Å²) in [5.41, 5.74) is 1.29. The number of hydrogen-bond acceptors (Lipinski definition) is 0. The quantitative estimate of drug-likeness (QED) is 0.368. The molecule has 4 aromatic rings. The van der Waals surface area contributed by atoms with Crippen molar-refractivity contribution in [2.24, 2.45) is 0 Å². The molecule has 0 saturated carbocycles. The van der Waals surface area contributed by atoms with Crippen LogP contribution in [0.15, 0.2) is 54.6 Å². The molecule has 0 heteroatoms. The number of benzene rings is 4. The molecule has 0 atom stereocenters. The first-order valence-electron chi connectivity index (χ1n) is 6.38. The lowest BCUT2D eigenvalue weighted by atomic mass is 9.93. The molecule has 0 aromatic heterocycles. The molecule has 0 aliphatic rings. The van der Waals surface area contributed by atoms with Gasteiger partial charge in [-0.05, 0) is 44.8 Å². The lowest BCUT2D eigenvalue weighted by Crippen LogP contribution is -1.84. The zero-order chi connectivity index (χ0) is 12.3. The van der Waals surface area contributed by atoms with Gasteiger partial charge in [0.25, 0.3) is 0 Å². The Kier molecular flexibility index (Phi) is 1.42. The van der Waals surface area contributed by atoms with E-state index in [4.69, 9.17) is 1.37 Å². The van der Waals surface area contributed by atoms with Gasteiger partial charge in [0.15, 0.2) is 0 Å². The van der Waals surface area contributed by atoms with Crippen molar-refractivity contribution in [2.75, 3.05) is 0 Å². The van der Waals surface area contributed by atoms with E-state index >= 15 is 0 Å². The maximum Gasteiger partial charge on any atom is 0.0623 e. The Labute approximate surface area is 101 Å². The summed E-state index contributed by atoms with van der Waals surface area (Å²) in [5.74, 6) is 0. The zero-order valence-corrected chi connectivity index (χ0v) is 9.62. The van der Waals surface area contributed by atoms with Gasteiger partial charge in [-0.15, -0.1) is 0 Å². The summed E-state index contributed by atoms with van der Waals surface area (Å²) in [6, 6.07) is 17.5. The lowest BCUT2D eigenvalue weighted by molar-refractivity contribution is 1.52.